The minimum absolute atomic E-state index is 0.0727. The lowest BCUT2D eigenvalue weighted by Gasteiger charge is -2.26. The zero-order valence-electron chi connectivity index (χ0n) is 10.00. The average molecular weight is 230 g/mol. The summed E-state index contributed by atoms with van der Waals surface area (Å²) in [6, 6.07) is 0. The number of hydrogen-bond donors (Lipinski definition) is 1. The van der Waals surface area contributed by atoms with Gasteiger partial charge in [0.15, 0.2) is 0 Å². The molecule has 0 rings (SSSR count). The van der Waals surface area contributed by atoms with Crippen molar-refractivity contribution in [2.75, 3.05) is 6.61 Å². The van der Waals surface area contributed by atoms with E-state index in [1.165, 1.54) is 12.2 Å². The van der Waals surface area contributed by atoms with Crippen LogP contribution in [0.4, 0.5) is 4.39 Å². The van der Waals surface area contributed by atoms with Gasteiger partial charge in [0, 0.05) is 6.42 Å². The number of carbonyl (C=O) groups is 1. The van der Waals surface area contributed by atoms with Gasteiger partial charge in [-0.1, -0.05) is 17.7 Å². The first kappa shape index (κ1) is 14.8. The van der Waals surface area contributed by atoms with Crippen molar-refractivity contribution < 1.29 is 19.0 Å². The van der Waals surface area contributed by atoms with E-state index in [1.54, 1.807) is 20.8 Å². The van der Waals surface area contributed by atoms with Crippen LogP contribution in [0.5, 0.6) is 0 Å². The molecular weight excluding hydrogens is 211 g/mol. The average Bonchev–Trinajstić information content (AvgIpc) is 2.17. The van der Waals surface area contributed by atoms with E-state index >= 15 is 0 Å². The molecule has 0 amide bonds. The van der Waals surface area contributed by atoms with E-state index in [9.17, 15) is 14.3 Å². The number of esters is 1. The number of halogens is 1. The van der Waals surface area contributed by atoms with E-state index < -0.39 is 17.7 Å². The molecule has 16 heavy (non-hydrogen) atoms. The van der Waals surface area contributed by atoms with Crippen LogP contribution in [0, 0.1) is 0 Å². The number of hydrogen-bond acceptors (Lipinski definition) is 3. The van der Waals surface area contributed by atoms with Crippen molar-refractivity contribution in [3.05, 3.63) is 24.3 Å². The molecule has 0 aliphatic rings. The third-order valence-corrected chi connectivity index (χ3v) is 2.02. The smallest absolute Gasteiger partial charge is 0.347 e. The molecule has 0 aromatic carbocycles. The van der Waals surface area contributed by atoms with Crippen LogP contribution in [0.3, 0.4) is 0 Å². The summed E-state index contributed by atoms with van der Waals surface area (Å²) < 4.78 is 19.0. The lowest BCUT2D eigenvalue weighted by molar-refractivity contribution is -0.163. The van der Waals surface area contributed by atoms with Gasteiger partial charge in [-0.25, -0.2) is 9.18 Å². The Morgan fingerprint density at radius 1 is 1.69 bits per heavy atom. The van der Waals surface area contributed by atoms with Gasteiger partial charge in [-0.15, -0.1) is 6.58 Å². The van der Waals surface area contributed by atoms with Gasteiger partial charge in [0.1, 0.15) is 6.10 Å². The largest absolute Gasteiger partial charge is 0.464 e. The molecule has 0 saturated carbocycles. The Bertz CT molecular complexity index is 286. The molecule has 1 N–H and O–H groups in total. The molecule has 0 aliphatic carbocycles. The number of carbonyl (C=O) groups excluding carboxylic acids is 1. The van der Waals surface area contributed by atoms with E-state index in [0.717, 1.165) is 0 Å². The van der Waals surface area contributed by atoms with Crippen LogP contribution >= 0.6 is 0 Å². The highest BCUT2D eigenvalue weighted by Gasteiger charge is 2.46. The number of allylic oxidation sites excluding steroid dienone is 2. The van der Waals surface area contributed by atoms with Gasteiger partial charge in [0.25, 0.3) is 0 Å². The second kappa shape index (κ2) is 6.43. The first-order valence-electron chi connectivity index (χ1n) is 5.19. The van der Waals surface area contributed by atoms with Crippen molar-refractivity contribution in [1.82, 2.24) is 0 Å². The molecule has 2 atom stereocenters. The van der Waals surface area contributed by atoms with Crippen molar-refractivity contribution in [1.29, 1.82) is 0 Å². The highest BCUT2D eigenvalue weighted by molar-refractivity contribution is 5.81. The maximum atomic E-state index is 14.4. The lowest BCUT2D eigenvalue weighted by atomic mass is 9.91. The Balaban J connectivity index is 5.00. The highest BCUT2D eigenvalue weighted by atomic mass is 19.1. The van der Waals surface area contributed by atoms with Crippen molar-refractivity contribution in [2.24, 2.45) is 0 Å². The lowest BCUT2D eigenvalue weighted by Crippen LogP contribution is -2.46. The fraction of sp³-hybridized carbons (Fsp3) is 0.583. The molecule has 0 saturated heterocycles. The standard InChI is InChI=1S/C12H19FO3/c1-5-7-10(14)12(13,8-9(3)4)11(15)16-6-2/h5,7,10,14H,3,6,8H2,1-2,4H3/b7-5+/t10-,12+/m1/s1. The van der Waals surface area contributed by atoms with Crippen LogP contribution in [0.25, 0.3) is 0 Å². The summed E-state index contributed by atoms with van der Waals surface area (Å²) in [5.41, 5.74) is -1.98. The van der Waals surface area contributed by atoms with Crippen molar-refractivity contribution >= 4 is 5.97 Å². The van der Waals surface area contributed by atoms with Crippen LogP contribution in [0.1, 0.15) is 27.2 Å². The molecule has 0 aliphatic heterocycles. The Labute approximate surface area is 95.6 Å². The summed E-state index contributed by atoms with van der Waals surface area (Å²) in [7, 11) is 0. The van der Waals surface area contributed by atoms with Gasteiger partial charge in [-0.3, -0.25) is 0 Å². The molecule has 0 heterocycles. The summed E-state index contributed by atoms with van der Waals surface area (Å²) >= 11 is 0. The Hall–Kier alpha value is -1.16. The van der Waals surface area contributed by atoms with Crippen LogP contribution in [0.15, 0.2) is 24.3 Å². The van der Waals surface area contributed by atoms with Gasteiger partial charge < -0.3 is 9.84 Å². The van der Waals surface area contributed by atoms with E-state index in [2.05, 4.69) is 11.3 Å². The molecule has 0 fully saturated rings. The normalized spacial score (nSPS) is 16.8. The third kappa shape index (κ3) is 3.77. The minimum Gasteiger partial charge on any atom is -0.464 e. The Morgan fingerprint density at radius 2 is 2.25 bits per heavy atom. The van der Waals surface area contributed by atoms with E-state index in [-0.39, 0.29) is 13.0 Å². The van der Waals surface area contributed by atoms with Gasteiger partial charge >= 0.3 is 5.97 Å². The number of alkyl halides is 1. The number of aliphatic hydroxyl groups is 1. The molecule has 4 heteroatoms. The maximum Gasteiger partial charge on any atom is 0.347 e. The Morgan fingerprint density at radius 3 is 2.62 bits per heavy atom. The first-order chi connectivity index (χ1) is 7.38. The van der Waals surface area contributed by atoms with E-state index in [0.29, 0.717) is 5.57 Å². The SMILES string of the molecule is C=C(C)C[C@@](F)(C(=O)OCC)[C@H](O)/C=C/C. The summed E-state index contributed by atoms with van der Waals surface area (Å²) in [5, 5.41) is 9.61. The molecule has 0 radical (unpaired) electrons. The van der Waals surface area contributed by atoms with Gasteiger partial charge in [-0.2, -0.15) is 0 Å². The van der Waals surface area contributed by atoms with Crippen LogP contribution in [-0.4, -0.2) is 29.5 Å². The molecule has 0 unspecified atom stereocenters. The summed E-state index contributed by atoms with van der Waals surface area (Å²) in [5.74, 6) is -1.05. The topological polar surface area (TPSA) is 46.5 Å². The van der Waals surface area contributed by atoms with Crippen molar-refractivity contribution in [2.45, 2.75) is 39.0 Å². The number of aliphatic hydroxyl groups excluding tert-OH is 1. The van der Waals surface area contributed by atoms with Crippen LogP contribution in [-0.2, 0) is 9.53 Å². The second-order valence-electron chi connectivity index (χ2n) is 3.69. The number of rotatable bonds is 6. The molecule has 3 nitrogen and oxygen atoms in total. The second-order valence-corrected chi connectivity index (χ2v) is 3.69. The zero-order valence-corrected chi connectivity index (χ0v) is 10.00. The fourth-order valence-electron chi connectivity index (χ4n) is 1.32. The van der Waals surface area contributed by atoms with E-state index in [4.69, 9.17) is 0 Å². The maximum absolute atomic E-state index is 14.4. The highest BCUT2D eigenvalue weighted by Crippen LogP contribution is 2.27. The van der Waals surface area contributed by atoms with Gasteiger partial charge in [0.05, 0.1) is 6.61 Å². The molecule has 0 aromatic rings. The molecule has 0 aromatic heterocycles. The Kier molecular flexibility index (Phi) is 5.96. The summed E-state index contributed by atoms with van der Waals surface area (Å²) in [6.45, 7) is 8.43. The minimum atomic E-state index is -2.45. The first-order valence-corrected chi connectivity index (χ1v) is 5.19. The van der Waals surface area contributed by atoms with Crippen molar-refractivity contribution in [3.63, 3.8) is 0 Å². The molecular formula is C12H19FO3. The predicted octanol–water partition coefficient (Wildman–Crippen LogP) is 2.16. The molecule has 0 spiro atoms. The molecule has 92 valence electrons. The summed E-state index contributed by atoms with van der Waals surface area (Å²) in [4.78, 5) is 11.5. The van der Waals surface area contributed by atoms with Crippen LogP contribution < -0.4 is 0 Å². The quantitative estimate of drug-likeness (QED) is 0.562. The van der Waals surface area contributed by atoms with Crippen LogP contribution in [0.2, 0.25) is 0 Å². The van der Waals surface area contributed by atoms with Crippen molar-refractivity contribution in [3.8, 4) is 0 Å². The summed E-state index contributed by atoms with van der Waals surface area (Å²) in [6.07, 6.45) is 0.932. The van der Waals surface area contributed by atoms with Gasteiger partial charge in [-0.05, 0) is 20.8 Å². The third-order valence-electron chi connectivity index (χ3n) is 2.02. The fourth-order valence-corrected chi connectivity index (χ4v) is 1.32. The van der Waals surface area contributed by atoms with Gasteiger partial charge in [0.2, 0.25) is 5.67 Å². The number of ether oxygens (including phenoxy) is 1. The monoisotopic (exact) mass is 230 g/mol. The predicted molar refractivity (Wildman–Crippen MR) is 60.7 cm³/mol. The van der Waals surface area contributed by atoms with E-state index in [1.807, 2.05) is 0 Å². The zero-order chi connectivity index (χ0) is 12.8. The molecule has 0 bridgehead atoms.